The number of carbonyl (C=O) groups excluding carboxylic acids is 2. The van der Waals surface area contributed by atoms with Crippen LogP contribution in [0.25, 0.3) is 5.69 Å². The van der Waals surface area contributed by atoms with Crippen LogP contribution in [0, 0.1) is 11.3 Å². The summed E-state index contributed by atoms with van der Waals surface area (Å²) in [5.74, 6) is -1.16. The number of nitrogens with two attached hydrogens (primary N) is 1. The van der Waals surface area contributed by atoms with Crippen molar-refractivity contribution in [3.8, 4) is 17.6 Å². The number of aromatic nitrogens is 2. The van der Waals surface area contributed by atoms with E-state index in [1.54, 1.807) is 13.0 Å². The molecule has 3 N–H and O–H groups in total. The number of amides is 2. The summed E-state index contributed by atoms with van der Waals surface area (Å²) in [4.78, 5) is 24.2. The van der Waals surface area contributed by atoms with Crippen molar-refractivity contribution in [2.45, 2.75) is 31.4 Å². The van der Waals surface area contributed by atoms with Crippen LogP contribution in [0.3, 0.4) is 0 Å². The zero-order chi connectivity index (χ0) is 23.1. The zero-order valence-electron chi connectivity index (χ0n) is 15.8. The molecule has 8 nitrogen and oxygen atoms in total. The molecular formula is C18H14Cl2F3N5O3. The van der Waals surface area contributed by atoms with Crippen LogP contribution in [0.2, 0.25) is 10.0 Å². The van der Waals surface area contributed by atoms with E-state index < -0.39 is 39.2 Å². The van der Waals surface area contributed by atoms with Crippen LogP contribution in [-0.4, -0.2) is 28.3 Å². The minimum absolute atomic E-state index is 0.0548. The molecule has 0 spiro atoms. The van der Waals surface area contributed by atoms with Gasteiger partial charge in [-0.2, -0.15) is 28.2 Å². The van der Waals surface area contributed by atoms with Crippen molar-refractivity contribution in [1.29, 1.82) is 5.26 Å². The van der Waals surface area contributed by atoms with Gasteiger partial charge in [0.2, 0.25) is 11.8 Å². The van der Waals surface area contributed by atoms with Crippen molar-refractivity contribution in [2.24, 2.45) is 5.73 Å². The summed E-state index contributed by atoms with van der Waals surface area (Å²) in [5.41, 5.74) is 2.46. The Morgan fingerprint density at radius 1 is 1.35 bits per heavy atom. The molecule has 2 aromatic rings. The van der Waals surface area contributed by atoms with Crippen LogP contribution < -0.4 is 15.8 Å². The summed E-state index contributed by atoms with van der Waals surface area (Å²) < 4.78 is 45.4. The first kappa shape index (κ1) is 22.7. The van der Waals surface area contributed by atoms with Gasteiger partial charge in [0.1, 0.15) is 11.8 Å². The quantitative estimate of drug-likeness (QED) is 0.682. The number of halogens is 5. The predicted octanol–water partition coefficient (Wildman–Crippen LogP) is 3.69. The summed E-state index contributed by atoms with van der Waals surface area (Å²) in [6, 6.07) is 3.03. The first-order valence-electron chi connectivity index (χ1n) is 8.82. The van der Waals surface area contributed by atoms with E-state index >= 15 is 0 Å². The highest BCUT2D eigenvalue weighted by atomic mass is 35.5. The fraction of sp³-hybridized carbons (Fsp3) is 0.333. The first-order valence-corrected chi connectivity index (χ1v) is 9.57. The molecule has 1 aromatic heterocycles. The lowest BCUT2D eigenvalue weighted by Gasteiger charge is -2.16. The second-order valence-corrected chi connectivity index (χ2v) is 7.52. The molecule has 13 heteroatoms. The van der Waals surface area contributed by atoms with E-state index in [-0.39, 0.29) is 42.2 Å². The number of ether oxygens (including phenoxy) is 1. The summed E-state index contributed by atoms with van der Waals surface area (Å²) in [7, 11) is 0. The number of carbonyl (C=O) groups is 2. The topological polar surface area (TPSA) is 123 Å². The highest BCUT2D eigenvalue weighted by Crippen LogP contribution is 2.53. The Bertz CT molecular complexity index is 1100. The Kier molecular flexibility index (Phi) is 5.82. The average molecular weight is 476 g/mol. The molecule has 0 aliphatic heterocycles. The Labute approximate surface area is 183 Å². The number of hydrogen-bond acceptors (Lipinski definition) is 5. The average Bonchev–Trinajstić information content (AvgIpc) is 3.39. The lowest BCUT2D eigenvalue weighted by Crippen LogP contribution is -2.31. The molecule has 0 bridgehead atoms. The third-order valence-corrected chi connectivity index (χ3v) is 5.29. The number of primary amides is 1. The summed E-state index contributed by atoms with van der Waals surface area (Å²) in [6.07, 6.45) is -5.14. The van der Waals surface area contributed by atoms with Crippen LogP contribution in [0.1, 0.15) is 36.6 Å². The van der Waals surface area contributed by atoms with Gasteiger partial charge in [0, 0.05) is 6.54 Å². The van der Waals surface area contributed by atoms with E-state index in [4.69, 9.17) is 33.7 Å². The zero-order valence-corrected chi connectivity index (χ0v) is 17.3. The molecule has 0 atom stereocenters. The number of rotatable bonds is 5. The molecule has 1 saturated carbocycles. The lowest BCUT2D eigenvalue weighted by molar-refractivity contribution is -0.137. The highest BCUT2D eigenvalue weighted by Gasteiger charge is 2.55. The standard InChI is InChI=1S/C18H14Cl2F3N5O3/c1-2-26-16(30)31-14-12(17(3-4-17)15(25)29)11(7-24)27-28(14)13-9(19)5-8(6-10(13)20)18(21,22)23/h5-6H,2-4H2,1H3,(H2,25,29)(H,26,30). The normalized spacial score (nSPS) is 14.6. The third-order valence-electron chi connectivity index (χ3n) is 4.72. The molecule has 0 unspecified atom stereocenters. The van der Waals surface area contributed by atoms with E-state index in [9.17, 15) is 28.0 Å². The smallest absolute Gasteiger partial charge is 0.391 e. The van der Waals surface area contributed by atoms with Gasteiger partial charge < -0.3 is 15.8 Å². The maximum Gasteiger partial charge on any atom is 0.416 e. The van der Waals surface area contributed by atoms with Gasteiger partial charge in [-0.25, -0.2) is 4.79 Å². The summed E-state index contributed by atoms with van der Waals surface area (Å²) >= 11 is 12.1. The largest absolute Gasteiger partial charge is 0.416 e. The number of alkyl halides is 3. The van der Waals surface area contributed by atoms with Crippen molar-refractivity contribution in [3.63, 3.8) is 0 Å². The molecule has 1 heterocycles. The van der Waals surface area contributed by atoms with E-state index in [0.717, 1.165) is 4.68 Å². The molecule has 0 saturated heterocycles. The molecule has 164 valence electrons. The van der Waals surface area contributed by atoms with Gasteiger partial charge in [-0.15, -0.1) is 0 Å². The van der Waals surface area contributed by atoms with Crippen molar-refractivity contribution < 1.29 is 27.5 Å². The molecule has 0 radical (unpaired) electrons. The lowest BCUT2D eigenvalue weighted by atomic mass is 9.95. The number of benzene rings is 1. The molecule has 1 fully saturated rings. The molecule has 31 heavy (non-hydrogen) atoms. The van der Waals surface area contributed by atoms with Gasteiger partial charge in [0.05, 0.1) is 26.6 Å². The number of hydrogen-bond donors (Lipinski definition) is 2. The van der Waals surface area contributed by atoms with Crippen LogP contribution in [0.5, 0.6) is 5.88 Å². The minimum Gasteiger partial charge on any atom is -0.391 e. The molecule has 2 amide bonds. The summed E-state index contributed by atoms with van der Waals surface area (Å²) in [6.45, 7) is 1.81. The second kappa shape index (κ2) is 7.94. The summed E-state index contributed by atoms with van der Waals surface area (Å²) in [5, 5.41) is 15.0. The first-order chi connectivity index (χ1) is 14.5. The van der Waals surface area contributed by atoms with Crippen LogP contribution >= 0.6 is 23.2 Å². The Balaban J connectivity index is 2.29. The monoisotopic (exact) mass is 475 g/mol. The van der Waals surface area contributed by atoms with Crippen LogP contribution in [-0.2, 0) is 16.4 Å². The van der Waals surface area contributed by atoms with Gasteiger partial charge in [-0.05, 0) is 31.9 Å². The number of nitrogens with one attached hydrogen (secondary N) is 1. The predicted molar refractivity (Wildman–Crippen MR) is 103 cm³/mol. The van der Waals surface area contributed by atoms with E-state index in [0.29, 0.717) is 12.1 Å². The SMILES string of the molecule is CCNC(=O)Oc1c(C2(C(N)=O)CC2)c(C#N)nn1-c1c(Cl)cc(C(F)(F)F)cc1Cl. The number of nitriles is 1. The van der Waals surface area contributed by atoms with Crippen molar-refractivity contribution >= 4 is 35.2 Å². The van der Waals surface area contributed by atoms with E-state index in [1.807, 2.05) is 0 Å². The van der Waals surface area contributed by atoms with Crippen LogP contribution in [0.4, 0.5) is 18.0 Å². The molecule has 3 rings (SSSR count). The Morgan fingerprint density at radius 2 is 1.94 bits per heavy atom. The minimum atomic E-state index is -4.72. The van der Waals surface area contributed by atoms with Gasteiger partial charge >= 0.3 is 12.3 Å². The Morgan fingerprint density at radius 3 is 2.35 bits per heavy atom. The fourth-order valence-corrected chi connectivity index (χ4v) is 3.75. The van der Waals surface area contributed by atoms with E-state index in [1.165, 1.54) is 0 Å². The fourth-order valence-electron chi connectivity index (χ4n) is 3.10. The third kappa shape index (κ3) is 4.00. The van der Waals surface area contributed by atoms with Crippen LogP contribution in [0.15, 0.2) is 12.1 Å². The molecule has 1 aromatic carbocycles. The van der Waals surface area contributed by atoms with E-state index in [2.05, 4.69) is 10.4 Å². The van der Waals surface area contributed by atoms with Crippen molar-refractivity contribution in [2.75, 3.05) is 6.54 Å². The molecule has 1 aliphatic rings. The highest BCUT2D eigenvalue weighted by molar-refractivity contribution is 6.38. The molecule has 1 aliphatic carbocycles. The van der Waals surface area contributed by atoms with Gasteiger partial charge in [-0.1, -0.05) is 23.2 Å². The second-order valence-electron chi connectivity index (χ2n) is 6.70. The van der Waals surface area contributed by atoms with Gasteiger partial charge in [-0.3, -0.25) is 4.79 Å². The van der Waals surface area contributed by atoms with Gasteiger partial charge in [0.25, 0.3) is 0 Å². The maximum absolute atomic E-state index is 13.1. The molecular weight excluding hydrogens is 462 g/mol. The maximum atomic E-state index is 13.1. The van der Waals surface area contributed by atoms with Crippen molar-refractivity contribution in [1.82, 2.24) is 15.1 Å². The van der Waals surface area contributed by atoms with Gasteiger partial charge in [0.15, 0.2) is 5.69 Å². The number of nitrogens with zero attached hydrogens (tertiary/aromatic N) is 3. The Hall–Kier alpha value is -2.97. The van der Waals surface area contributed by atoms with Crippen molar-refractivity contribution in [3.05, 3.63) is 39.0 Å².